The van der Waals surface area contributed by atoms with Gasteiger partial charge in [0.15, 0.2) is 0 Å². The molecule has 1 aliphatic rings. The second kappa shape index (κ2) is 5.25. The molecule has 0 radical (unpaired) electrons. The van der Waals surface area contributed by atoms with Gasteiger partial charge in [-0.15, -0.1) is 0 Å². The molecule has 5 heteroatoms. The van der Waals surface area contributed by atoms with Gasteiger partial charge in [-0.2, -0.15) is 0 Å². The van der Waals surface area contributed by atoms with E-state index in [0.29, 0.717) is 17.9 Å². The van der Waals surface area contributed by atoms with Crippen molar-refractivity contribution in [1.29, 1.82) is 0 Å². The molecule has 0 spiro atoms. The monoisotopic (exact) mass is 332 g/mol. The molecule has 3 rings (SSSR count). The van der Waals surface area contributed by atoms with Crippen molar-refractivity contribution in [3.63, 3.8) is 0 Å². The largest absolute Gasteiger partial charge is 0.497 e. The van der Waals surface area contributed by atoms with E-state index in [9.17, 15) is 4.79 Å². The second-order valence-electron chi connectivity index (χ2n) is 4.56. The number of ether oxygens (including phenoxy) is 1. The first kappa shape index (κ1) is 13.1. The number of carbonyl (C=O) groups excluding carboxylic acids is 1. The first-order valence-corrected chi connectivity index (χ1v) is 7.08. The predicted molar refractivity (Wildman–Crippen MR) is 80.3 cm³/mol. The number of halogens is 1. The number of rotatable bonds is 2. The fraction of sp³-hybridized carbons (Fsp3) is 0.200. The third-order valence-corrected chi connectivity index (χ3v) is 4.10. The lowest BCUT2D eigenvalue weighted by molar-refractivity contribution is 0.0989. The van der Waals surface area contributed by atoms with Crippen molar-refractivity contribution in [3.8, 4) is 5.75 Å². The maximum atomic E-state index is 12.6. The lowest BCUT2D eigenvalue weighted by Gasteiger charge is -2.17. The zero-order valence-corrected chi connectivity index (χ0v) is 12.6. The molecule has 0 unspecified atom stereocenters. The highest BCUT2D eigenvalue weighted by Gasteiger charge is 2.27. The molecule has 20 heavy (non-hydrogen) atoms. The molecule has 0 saturated heterocycles. The van der Waals surface area contributed by atoms with Crippen LogP contribution in [0.4, 0.5) is 5.69 Å². The minimum absolute atomic E-state index is 0.0254. The van der Waals surface area contributed by atoms with Crippen LogP contribution in [0.1, 0.15) is 15.9 Å². The molecule has 0 atom stereocenters. The first-order valence-electron chi connectivity index (χ1n) is 6.29. The van der Waals surface area contributed by atoms with Gasteiger partial charge in [-0.25, -0.2) is 0 Å². The number of hydrogen-bond acceptors (Lipinski definition) is 3. The number of aromatic nitrogens is 1. The molecule has 0 N–H and O–H groups in total. The predicted octanol–water partition coefficient (Wildman–Crippen LogP) is 3.06. The van der Waals surface area contributed by atoms with E-state index in [-0.39, 0.29) is 5.91 Å². The Morgan fingerprint density at radius 1 is 1.40 bits per heavy atom. The second-order valence-corrected chi connectivity index (χ2v) is 5.41. The summed E-state index contributed by atoms with van der Waals surface area (Å²) in [6.45, 7) is 0.676. The minimum atomic E-state index is -0.0254. The van der Waals surface area contributed by atoms with Crippen molar-refractivity contribution in [2.45, 2.75) is 6.42 Å². The smallest absolute Gasteiger partial charge is 0.258 e. The van der Waals surface area contributed by atoms with Crippen LogP contribution in [0.3, 0.4) is 0 Å². The Bertz CT molecular complexity index is 673. The van der Waals surface area contributed by atoms with Crippen LogP contribution in [0.25, 0.3) is 0 Å². The van der Waals surface area contributed by atoms with E-state index in [1.54, 1.807) is 36.5 Å². The number of benzene rings is 1. The zero-order valence-electron chi connectivity index (χ0n) is 11.0. The van der Waals surface area contributed by atoms with E-state index < -0.39 is 0 Å². The van der Waals surface area contributed by atoms with Crippen LogP contribution in [-0.4, -0.2) is 24.5 Å². The summed E-state index contributed by atoms with van der Waals surface area (Å²) in [6.07, 6.45) is 4.34. The maximum absolute atomic E-state index is 12.6. The third kappa shape index (κ3) is 2.18. The van der Waals surface area contributed by atoms with Crippen molar-refractivity contribution >= 4 is 27.5 Å². The molecule has 4 nitrogen and oxygen atoms in total. The van der Waals surface area contributed by atoms with Crippen molar-refractivity contribution in [1.82, 2.24) is 4.98 Å². The lowest BCUT2D eigenvalue weighted by Crippen LogP contribution is -2.28. The molecule has 2 heterocycles. The van der Waals surface area contributed by atoms with Crippen molar-refractivity contribution in [3.05, 3.63) is 52.3 Å². The van der Waals surface area contributed by atoms with Gasteiger partial charge in [-0.3, -0.25) is 9.78 Å². The Hall–Kier alpha value is -1.88. The fourth-order valence-corrected chi connectivity index (χ4v) is 2.92. The Morgan fingerprint density at radius 2 is 2.25 bits per heavy atom. The Balaban J connectivity index is 1.95. The van der Waals surface area contributed by atoms with Gasteiger partial charge in [0.2, 0.25) is 0 Å². The number of methoxy groups -OCH3 is 1. The number of fused-ring (bicyclic) bond motifs is 1. The van der Waals surface area contributed by atoms with Crippen molar-refractivity contribution < 1.29 is 9.53 Å². The van der Waals surface area contributed by atoms with Gasteiger partial charge in [0.05, 0.1) is 19.0 Å². The average Bonchev–Trinajstić information content (AvgIpc) is 2.92. The van der Waals surface area contributed by atoms with E-state index in [1.807, 2.05) is 12.1 Å². The number of pyridine rings is 1. The summed E-state index contributed by atoms with van der Waals surface area (Å²) in [4.78, 5) is 18.5. The van der Waals surface area contributed by atoms with E-state index >= 15 is 0 Å². The van der Waals surface area contributed by atoms with Gasteiger partial charge in [0, 0.05) is 22.8 Å². The molecule has 102 valence electrons. The standard InChI is InChI=1S/C15H13BrN2O2/c1-20-11-4-2-3-10(7-11)15(19)18-6-5-12-13(16)8-17-9-14(12)18/h2-4,7-9H,5-6H2,1H3. The number of amides is 1. The molecule has 1 amide bonds. The van der Waals surface area contributed by atoms with Crippen molar-refractivity contribution in [2.24, 2.45) is 0 Å². The molecular weight excluding hydrogens is 320 g/mol. The van der Waals surface area contributed by atoms with Crippen LogP contribution in [0.5, 0.6) is 5.75 Å². The molecule has 0 saturated carbocycles. The highest BCUT2D eigenvalue weighted by Crippen LogP contribution is 2.33. The summed E-state index contributed by atoms with van der Waals surface area (Å²) in [5, 5.41) is 0. The van der Waals surface area contributed by atoms with E-state index in [1.165, 1.54) is 0 Å². The van der Waals surface area contributed by atoms with E-state index in [4.69, 9.17) is 4.74 Å². The van der Waals surface area contributed by atoms with E-state index in [2.05, 4.69) is 20.9 Å². The van der Waals surface area contributed by atoms with Crippen LogP contribution in [0, 0.1) is 0 Å². The molecule has 0 aliphatic carbocycles. The highest BCUT2D eigenvalue weighted by atomic mass is 79.9. The van der Waals surface area contributed by atoms with Gasteiger partial charge >= 0.3 is 0 Å². The van der Waals surface area contributed by atoms with Gasteiger partial charge in [-0.05, 0) is 46.1 Å². The molecule has 0 bridgehead atoms. The average molecular weight is 333 g/mol. The number of anilines is 1. The summed E-state index contributed by atoms with van der Waals surface area (Å²) < 4.78 is 6.12. The van der Waals surface area contributed by atoms with Gasteiger partial charge in [0.1, 0.15) is 5.75 Å². The third-order valence-electron chi connectivity index (χ3n) is 3.42. The Kier molecular flexibility index (Phi) is 3.44. The van der Waals surface area contributed by atoms with Crippen LogP contribution in [0.2, 0.25) is 0 Å². The van der Waals surface area contributed by atoms with Crippen LogP contribution in [-0.2, 0) is 6.42 Å². The summed E-state index contributed by atoms with van der Waals surface area (Å²) in [5.41, 5.74) is 2.64. The number of carbonyl (C=O) groups is 1. The molecule has 1 aromatic carbocycles. The molecule has 0 fully saturated rings. The van der Waals surface area contributed by atoms with Gasteiger partial charge in [0.25, 0.3) is 5.91 Å². The molecular formula is C15H13BrN2O2. The SMILES string of the molecule is COc1cccc(C(=O)N2CCc3c(Br)cncc32)c1. The Morgan fingerprint density at radius 3 is 3.05 bits per heavy atom. The molecule has 2 aromatic rings. The van der Waals surface area contributed by atoms with E-state index in [0.717, 1.165) is 22.1 Å². The van der Waals surface area contributed by atoms with Gasteiger partial charge < -0.3 is 9.64 Å². The lowest BCUT2D eigenvalue weighted by atomic mass is 10.2. The molecule has 1 aliphatic heterocycles. The quantitative estimate of drug-likeness (QED) is 0.848. The van der Waals surface area contributed by atoms with Gasteiger partial charge in [-0.1, -0.05) is 6.07 Å². The fourth-order valence-electron chi connectivity index (χ4n) is 2.40. The summed E-state index contributed by atoms with van der Waals surface area (Å²) in [7, 11) is 1.59. The summed E-state index contributed by atoms with van der Waals surface area (Å²) >= 11 is 3.48. The van der Waals surface area contributed by atoms with Crippen LogP contribution >= 0.6 is 15.9 Å². The topological polar surface area (TPSA) is 42.4 Å². The summed E-state index contributed by atoms with van der Waals surface area (Å²) in [5.74, 6) is 0.658. The van der Waals surface area contributed by atoms with Crippen LogP contribution in [0.15, 0.2) is 41.1 Å². The highest BCUT2D eigenvalue weighted by molar-refractivity contribution is 9.10. The molecule has 1 aromatic heterocycles. The van der Waals surface area contributed by atoms with Crippen molar-refractivity contribution in [2.75, 3.05) is 18.6 Å². The summed E-state index contributed by atoms with van der Waals surface area (Å²) in [6, 6.07) is 7.20. The number of nitrogens with zero attached hydrogens (tertiary/aromatic N) is 2. The Labute approximate surface area is 125 Å². The first-order chi connectivity index (χ1) is 9.70. The zero-order chi connectivity index (χ0) is 14.1. The number of hydrogen-bond donors (Lipinski definition) is 0. The van der Waals surface area contributed by atoms with Crippen LogP contribution < -0.4 is 9.64 Å². The maximum Gasteiger partial charge on any atom is 0.258 e. The minimum Gasteiger partial charge on any atom is -0.497 e. The normalized spacial score (nSPS) is 13.2.